The summed E-state index contributed by atoms with van der Waals surface area (Å²) in [5.41, 5.74) is 1.69. The molecule has 0 radical (unpaired) electrons. The van der Waals surface area contributed by atoms with E-state index in [1.807, 2.05) is 0 Å². The number of ether oxygens (including phenoxy) is 1. The number of halogens is 5. The van der Waals surface area contributed by atoms with Gasteiger partial charge in [0.05, 0.1) is 12.6 Å². The number of hydrogen-bond acceptors (Lipinski definition) is 2. The number of nitrogens with one attached hydrogen (secondary N) is 1. The first kappa shape index (κ1) is 19.3. The fourth-order valence-electron chi connectivity index (χ4n) is 2.50. The predicted molar refractivity (Wildman–Crippen MR) is 87.8 cm³/mol. The summed E-state index contributed by atoms with van der Waals surface area (Å²) >= 11 is 0. The highest BCUT2D eigenvalue weighted by Gasteiger charge is 2.31. The van der Waals surface area contributed by atoms with Crippen molar-refractivity contribution < 1.29 is 36.1 Å². The van der Waals surface area contributed by atoms with E-state index in [-0.39, 0.29) is 11.1 Å². The lowest BCUT2D eigenvalue weighted by Crippen LogP contribution is -2.27. The number of imidazole rings is 1. The highest BCUT2D eigenvalue weighted by molar-refractivity contribution is 6.00. The highest BCUT2D eigenvalue weighted by atomic mass is 19.4. The minimum absolute atomic E-state index is 0.00563. The molecule has 5 nitrogen and oxygen atoms in total. The summed E-state index contributed by atoms with van der Waals surface area (Å²) in [6.07, 6.45) is -0.159. The van der Waals surface area contributed by atoms with Gasteiger partial charge in [-0.15, -0.1) is 17.8 Å². The normalized spacial score (nSPS) is 11.4. The number of carbonyl (C=O) groups excluding carboxylic acids is 1. The van der Waals surface area contributed by atoms with Crippen LogP contribution in [-0.2, 0) is 7.05 Å². The van der Waals surface area contributed by atoms with Gasteiger partial charge in [-0.25, -0.2) is 13.3 Å². The van der Waals surface area contributed by atoms with Crippen molar-refractivity contribution in [2.75, 3.05) is 5.43 Å². The van der Waals surface area contributed by atoms with Crippen LogP contribution in [0, 0.1) is 11.6 Å². The van der Waals surface area contributed by atoms with Crippen molar-refractivity contribution in [3.8, 4) is 16.9 Å². The molecule has 1 heterocycles. The molecule has 10 heteroatoms. The average molecular weight is 398 g/mol. The van der Waals surface area contributed by atoms with E-state index in [1.54, 1.807) is 17.8 Å². The molecule has 1 aromatic heterocycles. The van der Waals surface area contributed by atoms with E-state index in [9.17, 15) is 26.7 Å². The second-order valence-corrected chi connectivity index (χ2v) is 5.81. The Morgan fingerprint density at radius 2 is 1.71 bits per heavy atom. The van der Waals surface area contributed by atoms with E-state index < -0.39 is 35.2 Å². The molecule has 0 aliphatic rings. The summed E-state index contributed by atoms with van der Waals surface area (Å²) in [5, 5.41) is 0. The van der Waals surface area contributed by atoms with Crippen molar-refractivity contribution in [2.24, 2.45) is 7.05 Å². The predicted octanol–water partition coefficient (Wildman–Crippen LogP) is 3.54. The largest absolute Gasteiger partial charge is 0.573 e. The van der Waals surface area contributed by atoms with Gasteiger partial charge in [0, 0.05) is 5.56 Å². The molecule has 28 heavy (non-hydrogen) atoms. The Balaban J connectivity index is 1.84. The van der Waals surface area contributed by atoms with E-state index in [0.717, 1.165) is 36.4 Å². The van der Waals surface area contributed by atoms with Crippen LogP contribution in [0.4, 0.5) is 22.0 Å². The Bertz CT molecular complexity index is 990. The van der Waals surface area contributed by atoms with Crippen LogP contribution in [0.15, 0.2) is 55.1 Å². The molecule has 1 amide bonds. The van der Waals surface area contributed by atoms with Gasteiger partial charge in [-0.2, -0.15) is 5.43 Å². The Morgan fingerprint density at radius 1 is 1.11 bits per heavy atom. The van der Waals surface area contributed by atoms with Crippen molar-refractivity contribution in [3.05, 3.63) is 72.3 Å². The van der Waals surface area contributed by atoms with Gasteiger partial charge in [-0.1, -0.05) is 12.1 Å². The number of aromatic nitrogens is 2. The number of hydrogen-bond donors (Lipinski definition) is 1. The zero-order valence-corrected chi connectivity index (χ0v) is 14.3. The van der Waals surface area contributed by atoms with Gasteiger partial charge < -0.3 is 4.74 Å². The molecule has 0 atom stereocenters. The molecule has 0 aliphatic carbocycles. The third-order valence-corrected chi connectivity index (χ3v) is 3.68. The maximum Gasteiger partial charge on any atom is 0.573 e. The zero-order valence-electron chi connectivity index (χ0n) is 14.3. The molecule has 1 N–H and O–H groups in total. The standard InChI is InChI=1S/C18H12F5N3O2/c1-25-6-7-26(10-25)24-17(27)12-8-14(19)16(15(20)9-12)11-2-4-13(5-3-11)28-18(21,22)23/h2-10H,1H3/p+1. The molecule has 0 saturated heterocycles. The van der Waals surface area contributed by atoms with Crippen LogP contribution in [-0.4, -0.2) is 16.9 Å². The van der Waals surface area contributed by atoms with Gasteiger partial charge in [0.2, 0.25) is 0 Å². The Hall–Kier alpha value is -3.43. The van der Waals surface area contributed by atoms with E-state index >= 15 is 0 Å². The fraction of sp³-hybridized carbons (Fsp3) is 0.111. The molecule has 146 valence electrons. The van der Waals surface area contributed by atoms with Crippen LogP contribution < -0.4 is 14.7 Å². The maximum absolute atomic E-state index is 14.4. The lowest BCUT2D eigenvalue weighted by Gasteiger charge is -2.11. The van der Waals surface area contributed by atoms with E-state index in [2.05, 4.69) is 10.2 Å². The Morgan fingerprint density at radius 3 is 2.21 bits per heavy atom. The lowest BCUT2D eigenvalue weighted by atomic mass is 10.0. The summed E-state index contributed by atoms with van der Waals surface area (Å²) in [6, 6.07) is 5.74. The van der Waals surface area contributed by atoms with Gasteiger partial charge in [-0.3, -0.25) is 4.79 Å². The molecule has 3 aromatic rings. The van der Waals surface area contributed by atoms with Crippen molar-refractivity contribution in [1.82, 2.24) is 4.68 Å². The molecule has 0 unspecified atom stereocenters. The van der Waals surface area contributed by atoms with Gasteiger partial charge in [0.1, 0.15) is 23.6 Å². The average Bonchev–Trinajstić information content (AvgIpc) is 2.99. The van der Waals surface area contributed by atoms with Gasteiger partial charge in [0.15, 0.2) is 6.20 Å². The zero-order chi connectivity index (χ0) is 20.5. The summed E-state index contributed by atoms with van der Waals surface area (Å²) in [4.78, 5) is 12.2. The van der Waals surface area contributed by atoms with Crippen molar-refractivity contribution in [1.29, 1.82) is 0 Å². The first-order chi connectivity index (χ1) is 13.1. The first-order valence-corrected chi connectivity index (χ1v) is 7.82. The number of benzene rings is 2. The van der Waals surface area contributed by atoms with Gasteiger partial charge in [0.25, 0.3) is 12.2 Å². The number of rotatable bonds is 4. The first-order valence-electron chi connectivity index (χ1n) is 7.82. The number of aryl methyl sites for hydroxylation is 1. The van der Waals surface area contributed by atoms with Gasteiger partial charge >= 0.3 is 6.36 Å². The maximum atomic E-state index is 14.4. The SMILES string of the molecule is C[n+]1ccn(NC(=O)c2cc(F)c(-c3ccc(OC(F)(F)F)cc3)c(F)c2)c1. The summed E-state index contributed by atoms with van der Waals surface area (Å²) in [5.74, 6) is -3.33. The fourth-order valence-corrected chi connectivity index (χ4v) is 2.50. The third kappa shape index (κ3) is 4.45. The van der Waals surface area contributed by atoms with Crippen LogP contribution in [0.1, 0.15) is 10.4 Å². The number of amides is 1. The summed E-state index contributed by atoms with van der Waals surface area (Å²) in [7, 11) is 1.72. The second kappa shape index (κ2) is 7.29. The van der Waals surface area contributed by atoms with Crippen molar-refractivity contribution in [3.63, 3.8) is 0 Å². The molecule has 0 saturated carbocycles. The molecule has 0 fully saturated rings. The quantitative estimate of drug-likeness (QED) is 0.540. The highest BCUT2D eigenvalue weighted by Crippen LogP contribution is 2.30. The monoisotopic (exact) mass is 398 g/mol. The molecule has 3 rings (SSSR count). The smallest absolute Gasteiger partial charge is 0.406 e. The van der Waals surface area contributed by atoms with Crippen LogP contribution in [0.25, 0.3) is 11.1 Å². The Kier molecular flexibility index (Phi) is 5.04. The molecule has 0 aliphatic heterocycles. The number of alkyl halides is 3. The van der Waals surface area contributed by atoms with Crippen LogP contribution in [0.3, 0.4) is 0 Å². The second-order valence-electron chi connectivity index (χ2n) is 5.81. The molecule has 0 spiro atoms. The van der Waals surface area contributed by atoms with Crippen LogP contribution >= 0.6 is 0 Å². The van der Waals surface area contributed by atoms with Gasteiger partial charge in [-0.05, 0) is 29.8 Å². The summed E-state index contributed by atoms with van der Waals surface area (Å²) < 4.78 is 72.1. The van der Waals surface area contributed by atoms with E-state index in [4.69, 9.17) is 0 Å². The minimum atomic E-state index is -4.87. The summed E-state index contributed by atoms with van der Waals surface area (Å²) in [6.45, 7) is 0. The minimum Gasteiger partial charge on any atom is -0.406 e. The number of carbonyl (C=O) groups is 1. The molecular weight excluding hydrogens is 385 g/mol. The van der Waals surface area contributed by atoms with E-state index in [1.165, 1.54) is 17.2 Å². The van der Waals surface area contributed by atoms with Crippen LogP contribution in [0.2, 0.25) is 0 Å². The molecule has 0 bridgehead atoms. The Labute approximate surface area is 155 Å². The molecule has 2 aromatic carbocycles. The number of nitrogens with zero attached hydrogens (tertiary/aromatic N) is 2. The van der Waals surface area contributed by atoms with Crippen molar-refractivity contribution >= 4 is 5.91 Å². The topological polar surface area (TPSA) is 47.1 Å². The lowest BCUT2D eigenvalue weighted by molar-refractivity contribution is -0.670. The van der Waals surface area contributed by atoms with Crippen molar-refractivity contribution in [2.45, 2.75) is 6.36 Å². The third-order valence-electron chi connectivity index (χ3n) is 3.68. The van der Waals surface area contributed by atoms with Crippen LogP contribution in [0.5, 0.6) is 5.75 Å². The molecular formula is C18H13F5N3O2+. The van der Waals surface area contributed by atoms with E-state index in [0.29, 0.717) is 0 Å².